The standard InChI is InChI=1S/C16H26N2O4/c1-4-6-9-18(10-11-19)16(20)17-13-7-8-14(21-3)15(12-13)22-5-2/h7-8,12,19H,4-6,9-11H2,1-3H3,(H,17,20). The lowest BCUT2D eigenvalue weighted by Crippen LogP contribution is -2.37. The fourth-order valence-corrected chi connectivity index (χ4v) is 2.01. The van der Waals surface area contributed by atoms with Gasteiger partial charge in [0.1, 0.15) is 0 Å². The first kappa shape index (κ1) is 18.1. The van der Waals surface area contributed by atoms with Crippen LogP contribution in [-0.2, 0) is 0 Å². The molecule has 0 radical (unpaired) electrons. The van der Waals surface area contributed by atoms with Crippen molar-refractivity contribution in [2.75, 3.05) is 38.7 Å². The zero-order valence-electron chi connectivity index (χ0n) is 13.6. The Labute approximate surface area is 132 Å². The van der Waals surface area contributed by atoms with Gasteiger partial charge in [-0.15, -0.1) is 0 Å². The molecule has 1 aromatic rings. The lowest BCUT2D eigenvalue weighted by molar-refractivity contribution is 0.187. The second-order valence-corrected chi connectivity index (χ2v) is 4.79. The predicted octanol–water partition coefficient (Wildman–Crippen LogP) is 2.72. The van der Waals surface area contributed by atoms with E-state index in [-0.39, 0.29) is 12.6 Å². The van der Waals surface area contributed by atoms with Crippen LogP contribution in [0, 0.1) is 0 Å². The van der Waals surface area contributed by atoms with Gasteiger partial charge in [-0.25, -0.2) is 4.79 Å². The van der Waals surface area contributed by atoms with Crippen LogP contribution in [0.4, 0.5) is 10.5 Å². The molecule has 1 aromatic carbocycles. The number of aliphatic hydroxyl groups is 1. The Bertz CT molecular complexity index is 465. The number of rotatable bonds is 9. The average Bonchev–Trinajstić information content (AvgIpc) is 2.52. The molecule has 0 unspecified atom stereocenters. The molecule has 1 rings (SSSR count). The Morgan fingerprint density at radius 1 is 1.27 bits per heavy atom. The van der Waals surface area contributed by atoms with E-state index < -0.39 is 0 Å². The van der Waals surface area contributed by atoms with Gasteiger partial charge in [0.15, 0.2) is 11.5 Å². The molecule has 0 heterocycles. The number of nitrogens with one attached hydrogen (secondary N) is 1. The molecule has 0 aromatic heterocycles. The molecular formula is C16H26N2O4. The summed E-state index contributed by atoms with van der Waals surface area (Å²) >= 11 is 0. The smallest absolute Gasteiger partial charge is 0.321 e. The minimum atomic E-state index is -0.227. The number of methoxy groups -OCH3 is 1. The van der Waals surface area contributed by atoms with Crippen molar-refractivity contribution in [3.05, 3.63) is 18.2 Å². The largest absolute Gasteiger partial charge is 0.493 e. The van der Waals surface area contributed by atoms with E-state index in [2.05, 4.69) is 12.2 Å². The van der Waals surface area contributed by atoms with Gasteiger partial charge in [0.05, 0.1) is 20.3 Å². The summed E-state index contributed by atoms with van der Waals surface area (Å²) in [6.45, 7) is 5.35. The van der Waals surface area contributed by atoms with Gasteiger partial charge in [0.2, 0.25) is 0 Å². The molecule has 0 bridgehead atoms. The maximum absolute atomic E-state index is 12.3. The van der Waals surface area contributed by atoms with E-state index in [1.54, 1.807) is 30.2 Å². The molecular weight excluding hydrogens is 284 g/mol. The van der Waals surface area contributed by atoms with Crippen molar-refractivity contribution in [1.82, 2.24) is 4.90 Å². The van der Waals surface area contributed by atoms with Crippen LogP contribution in [0.5, 0.6) is 11.5 Å². The molecule has 0 fully saturated rings. The summed E-state index contributed by atoms with van der Waals surface area (Å²) in [5, 5.41) is 11.9. The summed E-state index contributed by atoms with van der Waals surface area (Å²) in [4.78, 5) is 13.9. The molecule has 2 N–H and O–H groups in total. The first-order valence-corrected chi connectivity index (χ1v) is 7.63. The van der Waals surface area contributed by atoms with Gasteiger partial charge in [-0.2, -0.15) is 0 Å². The maximum Gasteiger partial charge on any atom is 0.321 e. The number of urea groups is 1. The summed E-state index contributed by atoms with van der Waals surface area (Å²) in [5.41, 5.74) is 0.633. The summed E-state index contributed by atoms with van der Waals surface area (Å²) in [5.74, 6) is 1.21. The topological polar surface area (TPSA) is 71.0 Å². The van der Waals surface area contributed by atoms with Crippen molar-refractivity contribution in [3.8, 4) is 11.5 Å². The van der Waals surface area contributed by atoms with E-state index in [4.69, 9.17) is 14.6 Å². The van der Waals surface area contributed by atoms with Crippen molar-refractivity contribution in [2.24, 2.45) is 0 Å². The summed E-state index contributed by atoms with van der Waals surface area (Å²) in [6.07, 6.45) is 1.90. The number of carbonyl (C=O) groups excluding carboxylic acids is 1. The van der Waals surface area contributed by atoms with Crippen LogP contribution in [0.25, 0.3) is 0 Å². The lowest BCUT2D eigenvalue weighted by atomic mass is 10.2. The van der Waals surface area contributed by atoms with Gasteiger partial charge >= 0.3 is 6.03 Å². The fraction of sp³-hybridized carbons (Fsp3) is 0.562. The van der Waals surface area contributed by atoms with Gasteiger partial charge in [0, 0.05) is 24.8 Å². The zero-order chi connectivity index (χ0) is 16.4. The van der Waals surface area contributed by atoms with Gasteiger partial charge in [-0.3, -0.25) is 0 Å². The minimum absolute atomic E-state index is 0.0516. The summed E-state index contributed by atoms with van der Waals surface area (Å²) in [6, 6.07) is 5.02. The molecule has 0 atom stereocenters. The molecule has 0 spiro atoms. The van der Waals surface area contributed by atoms with Crippen molar-refractivity contribution in [1.29, 1.82) is 0 Å². The second kappa shape index (κ2) is 9.89. The molecule has 2 amide bonds. The first-order valence-electron chi connectivity index (χ1n) is 7.63. The third kappa shape index (κ3) is 5.44. The van der Waals surface area contributed by atoms with Crippen molar-refractivity contribution in [3.63, 3.8) is 0 Å². The molecule has 124 valence electrons. The summed E-state index contributed by atoms with van der Waals surface area (Å²) in [7, 11) is 1.57. The van der Waals surface area contributed by atoms with Crippen LogP contribution in [-0.4, -0.2) is 49.5 Å². The SMILES string of the molecule is CCCCN(CCO)C(=O)Nc1ccc(OC)c(OCC)c1. The first-order chi connectivity index (χ1) is 10.7. The number of anilines is 1. The number of nitrogens with zero attached hydrogens (tertiary/aromatic N) is 1. The van der Waals surface area contributed by atoms with Gasteiger partial charge < -0.3 is 24.8 Å². The molecule has 0 aliphatic heterocycles. The Hall–Kier alpha value is -1.95. The van der Waals surface area contributed by atoms with Gasteiger partial charge in [0.25, 0.3) is 0 Å². The van der Waals surface area contributed by atoms with Crippen LogP contribution in [0.15, 0.2) is 18.2 Å². The average molecular weight is 310 g/mol. The highest BCUT2D eigenvalue weighted by atomic mass is 16.5. The predicted molar refractivity (Wildman–Crippen MR) is 86.7 cm³/mol. The number of aliphatic hydroxyl groups excluding tert-OH is 1. The van der Waals surface area contributed by atoms with Crippen LogP contribution < -0.4 is 14.8 Å². The van der Waals surface area contributed by atoms with E-state index in [1.807, 2.05) is 6.92 Å². The maximum atomic E-state index is 12.3. The Balaban J connectivity index is 2.78. The van der Waals surface area contributed by atoms with Crippen LogP contribution in [0.3, 0.4) is 0 Å². The highest BCUT2D eigenvalue weighted by molar-refractivity contribution is 5.89. The molecule has 0 saturated heterocycles. The molecule has 0 aliphatic rings. The Kier molecular flexibility index (Phi) is 8.14. The number of benzene rings is 1. The summed E-state index contributed by atoms with van der Waals surface area (Å²) < 4.78 is 10.7. The van der Waals surface area contributed by atoms with E-state index >= 15 is 0 Å². The van der Waals surface area contributed by atoms with E-state index in [1.165, 1.54) is 0 Å². The van der Waals surface area contributed by atoms with E-state index in [0.29, 0.717) is 36.9 Å². The third-order valence-corrected chi connectivity index (χ3v) is 3.15. The molecule has 22 heavy (non-hydrogen) atoms. The number of carbonyl (C=O) groups is 1. The highest BCUT2D eigenvalue weighted by Gasteiger charge is 2.14. The molecule has 0 saturated carbocycles. The monoisotopic (exact) mass is 310 g/mol. The van der Waals surface area contributed by atoms with E-state index in [0.717, 1.165) is 12.8 Å². The van der Waals surface area contributed by atoms with E-state index in [9.17, 15) is 4.79 Å². The minimum Gasteiger partial charge on any atom is -0.493 e. The Morgan fingerprint density at radius 2 is 2.05 bits per heavy atom. The number of hydrogen-bond acceptors (Lipinski definition) is 4. The van der Waals surface area contributed by atoms with Crippen molar-refractivity contribution in [2.45, 2.75) is 26.7 Å². The van der Waals surface area contributed by atoms with Gasteiger partial charge in [-0.05, 0) is 25.5 Å². The molecule has 6 nitrogen and oxygen atoms in total. The van der Waals surface area contributed by atoms with Crippen LogP contribution in [0.1, 0.15) is 26.7 Å². The molecule has 6 heteroatoms. The molecule has 0 aliphatic carbocycles. The third-order valence-electron chi connectivity index (χ3n) is 3.15. The van der Waals surface area contributed by atoms with Crippen LogP contribution in [0.2, 0.25) is 0 Å². The number of ether oxygens (including phenoxy) is 2. The van der Waals surface area contributed by atoms with Crippen LogP contribution >= 0.6 is 0 Å². The van der Waals surface area contributed by atoms with Gasteiger partial charge in [-0.1, -0.05) is 13.3 Å². The van der Waals surface area contributed by atoms with Crippen molar-refractivity contribution >= 4 is 11.7 Å². The fourth-order valence-electron chi connectivity index (χ4n) is 2.01. The second-order valence-electron chi connectivity index (χ2n) is 4.79. The normalized spacial score (nSPS) is 10.2. The van der Waals surface area contributed by atoms with Crippen molar-refractivity contribution < 1.29 is 19.4 Å². The quantitative estimate of drug-likeness (QED) is 0.735. The highest BCUT2D eigenvalue weighted by Crippen LogP contribution is 2.30. The zero-order valence-corrected chi connectivity index (χ0v) is 13.6. The Morgan fingerprint density at radius 3 is 2.64 bits per heavy atom. The number of unbranched alkanes of at least 4 members (excludes halogenated alkanes) is 1. The lowest BCUT2D eigenvalue weighted by Gasteiger charge is -2.22. The number of hydrogen-bond donors (Lipinski definition) is 2. The number of amides is 2.